The lowest BCUT2D eigenvalue weighted by Gasteiger charge is -2.22. The molecule has 7 heteroatoms. The molecular weight excluding hydrogens is 338 g/mol. The van der Waals surface area contributed by atoms with Crippen molar-refractivity contribution in [2.45, 2.75) is 6.54 Å². The van der Waals surface area contributed by atoms with Gasteiger partial charge >= 0.3 is 5.69 Å². The van der Waals surface area contributed by atoms with Crippen LogP contribution in [0.2, 0.25) is 0 Å². The first kappa shape index (κ1) is 15.4. The van der Waals surface area contributed by atoms with Gasteiger partial charge in [-0.05, 0) is 21.5 Å². The Balaban J connectivity index is 2.36. The molecule has 0 amide bonds. The van der Waals surface area contributed by atoms with Crippen LogP contribution in [0.1, 0.15) is 5.56 Å². The van der Waals surface area contributed by atoms with E-state index in [4.69, 9.17) is 0 Å². The zero-order chi connectivity index (χ0) is 15.2. The Morgan fingerprint density at radius 1 is 1.33 bits per heavy atom. The van der Waals surface area contributed by atoms with E-state index in [0.717, 1.165) is 5.56 Å². The third-order valence-electron chi connectivity index (χ3n) is 2.90. The van der Waals surface area contributed by atoms with Crippen LogP contribution in [0.5, 0.6) is 0 Å². The van der Waals surface area contributed by atoms with E-state index in [1.807, 2.05) is 30.3 Å². The third kappa shape index (κ3) is 3.99. The highest BCUT2D eigenvalue weighted by Gasteiger charge is 2.21. The van der Waals surface area contributed by atoms with Crippen molar-refractivity contribution in [2.24, 2.45) is 0 Å². The number of nitrogens with zero attached hydrogens (tertiary/aromatic N) is 3. The summed E-state index contributed by atoms with van der Waals surface area (Å²) in [6.45, 7) is 0.600. The van der Waals surface area contributed by atoms with Crippen molar-refractivity contribution in [1.82, 2.24) is 4.98 Å². The van der Waals surface area contributed by atoms with E-state index in [1.54, 1.807) is 4.90 Å². The van der Waals surface area contributed by atoms with Gasteiger partial charge in [0, 0.05) is 29.8 Å². The van der Waals surface area contributed by atoms with E-state index in [2.05, 4.69) is 20.9 Å². The predicted octanol–water partition coefficient (Wildman–Crippen LogP) is 2.75. The molecule has 0 spiro atoms. The van der Waals surface area contributed by atoms with Crippen LogP contribution in [-0.2, 0) is 6.54 Å². The number of anilines is 1. The molecule has 2 rings (SSSR count). The summed E-state index contributed by atoms with van der Waals surface area (Å²) in [6.07, 6.45) is 1.51. The summed E-state index contributed by atoms with van der Waals surface area (Å²) >= 11 is 3.18. The van der Waals surface area contributed by atoms with E-state index in [0.29, 0.717) is 11.0 Å². The topological polar surface area (TPSA) is 79.5 Å². The van der Waals surface area contributed by atoms with Crippen molar-refractivity contribution in [1.29, 1.82) is 0 Å². The lowest BCUT2D eigenvalue weighted by Crippen LogP contribution is -2.27. The molecule has 0 radical (unpaired) electrons. The minimum Gasteiger partial charge on any atom is -0.395 e. The molecule has 1 heterocycles. The Kier molecular flexibility index (Phi) is 5.24. The normalized spacial score (nSPS) is 10.4. The predicted molar refractivity (Wildman–Crippen MR) is 83.2 cm³/mol. The van der Waals surface area contributed by atoms with Crippen LogP contribution in [0.4, 0.5) is 11.5 Å². The first-order valence-corrected chi connectivity index (χ1v) is 7.11. The number of aromatic nitrogens is 1. The molecule has 0 bridgehead atoms. The first-order chi connectivity index (χ1) is 10.1. The zero-order valence-electron chi connectivity index (χ0n) is 11.1. The van der Waals surface area contributed by atoms with Crippen molar-refractivity contribution < 1.29 is 10.0 Å². The van der Waals surface area contributed by atoms with Gasteiger partial charge in [-0.25, -0.2) is 4.98 Å². The molecule has 0 atom stereocenters. The van der Waals surface area contributed by atoms with Crippen LogP contribution in [0.25, 0.3) is 0 Å². The number of nitro groups is 1. The van der Waals surface area contributed by atoms with E-state index in [-0.39, 0.29) is 24.7 Å². The quantitative estimate of drug-likeness (QED) is 0.639. The van der Waals surface area contributed by atoms with Crippen LogP contribution >= 0.6 is 15.9 Å². The molecule has 1 aromatic heterocycles. The van der Waals surface area contributed by atoms with Crippen LogP contribution < -0.4 is 4.90 Å². The third-order valence-corrected chi connectivity index (χ3v) is 3.33. The Hall–Kier alpha value is -1.99. The minimum absolute atomic E-state index is 0.0891. The molecule has 6 nitrogen and oxygen atoms in total. The van der Waals surface area contributed by atoms with Gasteiger partial charge in [0.05, 0.1) is 11.5 Å². The second kappa shape index (κ2) is 7.14. The van der Waals surface area contributed by atoms with E-state index in [1.165, 1.54) is 12.3 Å². The van der Waals surface area contributed by atoms with Crippen LogP contribution in [0.3, 0.4) is 0 Å². The molecular formula is C14H14BrN3O3. The number of hydrogen-bond acceptors (Lipinski definition) is 5. The Morgan fingerprint density at radius 2 is 2.05 bits per heavy atom. The molecule has 1 aromatic carbocycles. The molecule has 0 unspecified atom stereocenters. The number of aliphatic hydroxyl groups excluding tert-OH is 1. The van der Waals surface area contributed by atoms with E-state index >= 15 is 0 Å². The lowest BCUT2D eigenvalue weighted by atomic mass is 10.2. The van der Waals surface area contributed by atoms with Crippen LogP contribution in [0, 0.1) is 10.1 Å². The van der Waals surface area contributed by atoms with Gasteiger partial charge in [-0.1, -0.05) is 30.3 Å². The highest BCUT2D eigenvalue weighted by Crippen LogP contribution is 2.29. The molecule has 0 saturated heterocycles. The van der Waals surface area contributed by atoms with Gasteiger partial charge in [-0.3, -0.25) is 10.1 Å². The molecule has 21 heavy (non-hydrogen) atoms. The average Bonchev–Trinajstić information content (AvgIpc) is 2.48. The number of rotatable bonds is 6. The number of halogens is 1. The van der Waals surface area contributed by atoms with Gasteiger partial charge in [0.25, 0.3) is 0 Å². The maximum atomic E-state index is 11.2. The summed E-state index contributed by atoms with van der Waals surface area (Å²) in [5.74, 6) is 0.251. The van der Waals surface area contributed by atoms with Crippen molar-refractivity contribution >= 4 is 27.4 Å². The van der Waals surface area contributed by atoms with E-state index in [9.17, 15) is 15.2 Å². The van der Waals surface area contributed by atoms with Crippen LogP contribution in [0.15, 0.2) is 47.1 Å². The number of pyridine rings is 1. The fourth-order valence-corrected chi connectivity index (χ4v) is 2.30. The van der Waals surface area contributed by atoms with E-state index < -0.39 is 4.92 Å². The highest BCUT2D eigenvalue weighted by molar-refractivity contribution is 9.10. The van der Waals surface area contributed by atoms with Gasteiger partial charge in [0.1, 0.15) is 0 Å². The summed E-state index contributed by atoms with van der Waals surface area (Å²) in [7, 11) is 0. The average molecular weight is 352 g/mol. The monoisotopic (exact) mass is 351 g/mol. The zero-order valence-corrected chi connectivity index (χ0v) is 12.7. The summed E-state index contributed by atoms with van der Waals surface area (Å²) in [5, 5.41) is 20.4. The standard InChI is InChI=1S/C14H14BrN3O3/c15-12-8-13(18(20)21)14(16-9-12)17(6-7-19)10-11-4-2-1-3-5-11/h1-5,8-9,19H,6-7,10H2. The van der Waals surface area contributed by atoms with Crippen molar-refractivity contribution in [3.8, 4) is 0 Å². The number of benzene rings is 1. The second-order valence-electron chi connectivity index (χ2n) is 4.38. The SMILES string of the molecule is O=[N+]([O-])c1cc(Br)cnc1N(CCO)Cc1ccccc1. The van der Waals surface area contributed by atoms with Gasteiger partial charge in [0.2, 0.25) is 5.82 Å². The summed E-state index contributed by atoms with van der Waals surface area (Å²) < 4.78 is 0.543. The molecule has 2 aromatic rings. The molecule has 110 valence electrons. The second-order valence-corrected chi connectivity index (χ2v) is 5.30. The van der Waals surface area contributed by atoms with Gasteiger partial charge < -0.3 is 10.0 Å². The molecule has 0 aliphatic carbocycles. The summed E-state index contributed by atoms with van der Waals surface area (Å²) in [6, 6.07) is 11.0. The maximum Gasteiger partial charge on any atom is 0.312 e. The Labute approximate surface area is 130 Å². The maximum absolute atomic E-state index is 11.2. The van der Waals surface area contributed by atoms with Gasteiger partial charge in [-0.15, -0.1) is 0 Å². The van der Waals surface area contributed by atoms with Crippen molar-refractivity contribution in [2.75, 3.05) is 18.1 Å². The van der Waals surface area contributed by atoms with Gasteiger partial charge in [0.15, 0.2) is 0 Å². The Bertz CT molecular complexity index is 622. The van der Waals surface area contributed by atoms with Crippen molar-refractivity contribution in [3.63, 3.8) is 0 Å². The fraction of sp³-hybridized carbons (Fsp3) is 0.214. The lowest BCUT2D eigenvalue weighted by molar-refractivity contribution is -0.384. The highest BCUT2D eigenvalue weighted by atomic mass is 79.9. The summed E-state index contributed by atoms with van der Waals surface area (Å²) in [5.41, 5.74) is 0.902. The molecule has 0 saturated carbocycles. The molecule has 0 fully saturated rings. The van der Waals surface area contributed by atoms with Crippen molar-refractivity contribution in [3.05, 3.63) is 62.7 Å². The first-order valence-electron chi connectivity index (χ1n) is 6.31. The number of aliphatic hydroxyl groups is 1. The smallest absolute Gasteiger partial charge is 0.312 e. The summed E-state index contributed by atoms with van der Waals surface area (Å²) in [4.78, 5) is 16.6. The largest absolute Gasteiger partial charge is 0.395 e. The van der Waals surface area contributed by atoms with Crippen LogP contribution in [-0.4, -0.2) is 28.2 Å². The fourth-order valence-electron chi connectivity index (χ4n) is 1.98. The minimum atomic E-state index is -0.470. The Morgan fingerprint density at radius 3 is 2.67 bits per heavy atom. The van der Waals surface area contributed by atoms with Gasteiger partial charge in [-0.2, -0.15) is 0 Å². The number of hydrogen-bond donors (Lipinski definition) is 1. The molecule has 0 aliphatic rings. The molecule has 0 aliphatic heterocycles. The molecule has 1 N–H and O–H groups in total.